The summed E-state index contributed by atoms with van der Waals surface area (Å²) < 4.78 is 1.85. The van der Waals surface area contributed by atoms with E-state index in [-0.39, 0.29) is 0 Å². The smallest absolute Gasteiger partial charge is 0.147 e. The topological polar surface area (TPSA) is 25.8 Å². The lowest BCUT2D eigenvalue weighted by atomic mass is 10.1. The average molecular weight is 405 g/mol. The Morgan fingerprint density at radius 1 is 1.21 bits per heavy atom. The molecule has 0 radical (unpaired) electrons. The lowest BCUT2D eigenvalue weighted by molar-refractivity contribution is 0.784. The standard InChI is InChI=1S/C14H13Br2ClN2/c1-8(2)13-12(16)14(17)19-11(18-13)7-9-4-3-5-10(15)6-9/h3-6,8H,7H2,1-2H3. The first-order valence-electron chi connectivity index (χ1n) is 5.93. The molecule has 2 rings (SSSR count). The molecular formula is C14H13Br2ClN2. The monoisotopic (exact) mass is 402 g/mol. The molecule has 0 saturated carbocycles. The van der Waals surface area contributed by atoms with Gasteiger partial charge in [-0.05, 0) is 39.5 Å². The molecule has 0 aliphatic rings. The first kappa shape index (κ1) is 14.9. The number of rotatable bonds is 3. The van der Waals surface area contributed by atoms with Crippen molar-refractivity contribution in [1.82, 2.24) is 9.97 Å². The van der Waals surface area contributed by atoms with E-state index in [4.69, 9.17) is 11.6 Å². The maximum absolute atomic E-state index is 6.15. The molecule has 100 valence electrons. The molecule has 5 heteroatoms. The van der Waals surface area contributed by atoms with Gasteiger partial charge in [-0.1, -0.05) is 53.5 Å². The number of aromatic nitrogens is 2. The van der Waals surface area contributed by atoms with E-state index >= 15 is 0 Å². The van der Waals surface area contributed by atoms with Gasteiger partial charge in [-0.15, -0.1) is 0 Å². The quantitative estimate of drug-likeness (QED) is 0.643. The Hall–Kier alpha value is -0.450. The SMILES string of the molecule is CC(C)c1nc(Cc2cccc(Br)c2)nc(Cl)c1Br. The second kappa shape index (κ2) is 6.33. The molecule has 2 nitrogen and oxygen atoms in total. The van der Waals surface area contributed by atoms with Crippen molar-refractivity contribution in [3.63, 3.8) is 0 Å². The molecule has 0 unspecified atom stereocenters. The summed E-state index contributed by atoms with van der Waals surface area (Å²) in [5.41, 5.74) is 2.10. The molecule has 0 saturated heterocycles. The molecule has 0 bridgehead atoms. The van der Waals surface area contributed by atoms with E-state index in [0.29, 0.717) is 17.5 Å². The highest BCUT2D eigenvalue weighted by Crippen LogP contribution is 2.29. The molecule has 1 heterocycles. The normalized spacial score (nSPS) is 11.1. The van der Waals surface area contributed by atoms with Crippen molar-refractivity contribution in [2.75, 3.05) is 0 Å². The Kier molecular flexibility index (Phi) is 4.98. The van der Waals surface area contributed by atoms with Gasteiger partial charge in [-0.3, -0.25) is 0 Å². The molecule has 0 aliphatic carbocycles. The summed E-state index contributed by atoms with van der Waals surface area (Å²) in [7, 11) is 0. The van der Waals surface area contributed by atoms with Crippen LogP contribution in [0.15, 0.2) is 33.2 Å². The van der Waals surface area contributed by atoms with Gasteiger partial charge in [0.1, 0.15) is 11.0 Å². The largest absolute Gasteiger partial charge is 0.236 e. The molecule has 1 aromatic heterocycles. The highest BCUT2D eigenvalue weighted by molar-refractivity contribution is 9.10. The molecule has 0 amide bonds. The molecule has 0 fully saturated rings. The van der Waals surface area contributed by atoms with Crippen LogP contribution in [0.25, 0.3) is 0 Å². The summed E-state index contributed by atoms with van der Waals surface area (Å²) in [6, 6.07) is 8.12. The number of hydrogen-bond acceptors (Lipinski definition) is 2. The van der Waals surface area contributed by atoms with Crippen LogP contribution in [-0.2, 0) is 6.42 Å². The van der Waals surface area contributed by atoms with Crippen molar-refractivity contribution in [1.29, 1.82) is 0 Å². The fourth-order valence-corrected chi connectivity index (χ4v) is 3.05. The van der Waals surface area contributed by atoms with Crippen LogP contribution in [0.1, 0.15) is 36.8 Å². The summed E-state index contributed by atoms with van der Waals surface area (Å²) in [6.07, 6.45) is 0.673. The lowest BCUT2D eigenvalue weighted by Gasteiger charge is -2.11. The summed E-state index contributed by atoms with van der Waals surface area (Å²) >= 11 is 13.1. The van der Waals surface area contributed by atoms with Crippen molar-refractivity contribution < 1.29 is 0 Å². The molecule has 0 N–H and O–H groups in total. The molecule has 0 atom stereocenters. The van der Waals surface area contributed by atoms with Gasteiger partial charge in [0.15, 0.2) is 0 Å². The average Bonchev–Trinajstić information content (AvgIpc) is 2.33. The van der Waals surface area contributed by atoms with E-state index in [9.17, 15) is 0 Å². The third-order valence-corrected chi connectivity index (χ3v) is 4.46. The van der Waals surface area contributed by atoms with Gasteiger partial charge in [-0.25, -0.2) is 9.97 Å². The minimum Gasteiger partial charge on any atom is -0.236 e. The molecule has 19 heavy (non-hydrogen) atoms. The van der Waals surface area contributed by atoms with Gasteiger partial charge in [0.2, 0.25) is 0 Å². The van der Waals surface area contributed by atoms with Crippen molar-refractivity contribution in [3.05, 3.63) is 55.4 Å². The summed E-state index contributed by atoms with van der Waals surface area (Å²) in [4.78, 5) is 8.93. The molecule has 0 spiro atoms. The van der Waals surface area contributed by atoms with Gasteiger partial charge < -0.3 is 0 Å². The first-order valence-corrected chi connectivity index (χ1v) is 7.90. The van der Waals surface area contributed by atoms with E-state index in [2.05, 4.69) is 67.8 Å². The Morgan fingerprint density at radius 3 is 2.58 bits per heavy atom. The second-order valence-corrected chi connectivity index (χ2v) is 6.66. The minimum atomic E-state index is 0.302. The molecule has 1 aromatic carbocycles. The van der Waals surface area contributed by atoms with Crippen LogP contribution in [0, 0.1) is 0 Å². The Balaban J connectivity index is 2.36. The molecular weight excluding hydrogens is 391 g/mol. The number of nitrogens with zero attached hydrogens (tertiary/aromatic N) is 2. The minimum absolute atomic E-state index is 0.302. The van der Waals surface area contributed by atoms with Crippen LogP contribution in [-0.4, -0.2) is 9.97 Å². The summed E-state index contributed by atoms with van der Waals surface area (Å²) in [5, 5.41) is 0.476. The fraction of sp³-hybridized carbons (Fsp3) is 0.286. The Bertz CT molecular complexity index is 600. The maximum Gasteiger partial charge on any atom is 0.147 e. The summed E-state index contributed by atoms with van der Waals surface area (Å²) in [5.74, 6) is 1.05. The number of halogens is 3. The highest BCUT2D eigenvalue weighted by atomic mass is 79.9. The lowest BCUT2D eigenvalue weighted by Crippen LogP contribution is -2.04. The van der Waals surface area contributed by atoms with E-state index in [1.165, 1.54) is 0 Å². The predicted molar refractivity (Wildman–Crippen MR) is 85.8 cm³/mol. The van der Waals surface area contributed by atoms with E-state index < -0.39 is 0 Å². The Labute approximate surface area is 134 Å². The van der Waals surface area contributed by atoms with Crippen LogP contribution in [0.5, 0.6) is 0 Å². The van der Waals surface area contributed by atoms with Crippen LogP contribution < -0.4 is 0 Å². The Morgan fingerprint density at radius 2 is 1.95 bits per heavy atom. The van der Waals surface area contributed by atoms with Gasteiger partial charge in [0.25, 0.3) is 0 Å². The maximum atomic E-state index is 6.15. The third kappa shape index (κ3) is 3.77. The number of hydrogen-bond donors (Lipinski definition) is 0. The van der Waals surface area contributed by atoms with Gasteiger partial charge >= 0.3 is 0 Å². The van der Waals surface area contributed by atoms with E-state index in [1.807, 2.05) is 12.1 Å². The van der Waals surface area contributed by atoms with Crippen LogP contribution in [0.4, 0.5) is 0 Å². The van der Waals surface area contributed by atoms with E-state index in [0.717, 1.165) is 26.0 Å². The van der Waals surface area contributed by atoms with Crippen molar-refractivity contribution in [2.45, 2.75) is 26.2 Å². The fourth-order valence-electron chi connectivity index (χ4n) is 1.77. The van der Waals surface area contributed by atoms with Crippen molar-refractivity contribution in [3.8, 4) is 0 Å². The van der Waals surface area contributed by atoms with Crippen LogP contribution >= 0.6 is 43.5 Å². The van der Waals surface area contributed by atoms with Crippen molar-refractivity contribution in [2.24, 2.45) is 0 Å². The first-order chi connectivity index (χ1) is 8.97. The zero-order chi connectivity index (χ0) is 14.0. The highest BCUT2D eigenvalue weighted by Gasteiger charge is 2.13. The predicted octanol–water partition coefficient (Wildman–Crippen LogP) is 5.37. The van der Waals surface area contributed by atoms with Crippen molar-refractivity contribution >= 4 is 43.5 Å². The van der Waals surface area contributed by atoms with Gasteiger partial charge in [0, 0.05) is 10.9 Å². The second-order valence-electron chi connectivity index (χ2n) is 4.59. The van der Waals surface area contributed by atoms with Crippen LogP contribution in [0.3, 0.4) is 0 Å². The third-order valence-electron chi connectivity index (χ3n) is 2.68. The number of benzene rings is 1. The molecule has 0 aliphatic heterocycles. The van der Waals surface area contributed by atoms with E-state index in [1.54, 1.807) is 0 Å². The summed E-state index contributed by atoms with van der Waals surface area (Å²) in [6.45, 7) is 4.18. The zero-order valence-electron chi connectivity index (χ0n) is 10.6. The van der Waals surface area contributed by atoms with Crippen LogP contribution in [0.2, 0.25) is 5.15 Å². The van der Waals surface area contributed by atoms with Gasteiger partial charge in [-0.2, -0.15) is 0 Å². The molecule has 2 aromatic rings. The van der Waals surface area contributed by atoms with Gasteiger partial charge in [0.05, 0.1) is 10.2 Å². The zero-order valence-corrected chi connectivity index (χ0v) is 14.6.